The van der Waals surface area contributed by atoms with E-state index < -0.39 is 11.3 Å². The lowest BCUT2D eigenvalue weighted by molar-refractivity contribution is -0.135. The minimum atomic E-state index is -1.03. The van der Waals surface area contributed by atoms with Gasteiger partial charge in [0.1, 0.15) is 5.41 Å². The van der Waals surface area contributed by atoms with Gasteiger partial charge in [-0.25, -0.2) is 0 Å². The number of benzene rings is 2. The van der Waals surface area contributed by atoms with Crippen LogP contribution >= 0.6 is 0 Å². The minimum Gasteiger partial charge on any atom is -0.369 e. The molecule has 2 aromatic carbocycles. The van der Waals surface area contributed by atoms with Gasteiger partial charge in [0, 0.05) is 0 Å². The molecule has 0 radical (unpaired) electrons. The Morgan fingerprint density at radius 1 is 1.00 bits per heavy atom. The SMILES string of the molecule is NC(=O)C1(C(=O)NNc2ccccc2Cc2ccccc2)CC1. The van der Waals surface area contributed by atoms with Gasteiger partial charge in [-0.15, -0.1) is 0 Å². The maximum absolute atomic E-state index is 12.1. The van der Waals surface area contributed by atoms with Crippen LogP contribution in [0.3, 0.4) is 0 Å². The van der Waals surface area contributed by atoms with Crippen molar-refractivity contribution in [1.29, 1.82) is 0 Å². The Balaban J connectivity index is 1.69. The maximum atomic E-state index is 12.1. The first kappa shape index (κ1) is 15.1. The van der Waals surface area contributed by atoms with E-state index in [-0.39, 0.29) is 5.91 Å². The van der Waals surface area contributed by atoms with Crippen molar-refractivity contribution in [3.8, 4) is 0 Å². The van der Waals surface area contributed by atoms with Gasteiger partial charge in [0.2, 0.25) is 5.91 Å². The summed E-state index contributed by atoms with van der Waals surface area (Å²) in [6.07, 6.45) is 1.78. The predicted octanol–water partition coefficient (Wildman–Crippen LogP) is 1.99. The van der Waals surface area contributed by atoms with E-state index in [4.69, 9.17) is 5.73 Å². The van der Waals surface area contributed by atoms with Crippen LogP contribution in [0.4, 0.5) is 5.69 Å². The van der Waals surface area contributed by atoms with E-state index in [0.29, 0.717) is 12.8 Å². The van der Waals surface area contributed by atoms with E-state index in [1.165, 1.54) is 5.56 Å². The molecule has 23 heavy (non-hydrogen) atoms. The van der Waals surface area contributed by atoms with Gasteiger partial charge in [-0.05, 0) is 36.5 Å². The number of primary amides is 1. The molecule has 0 bridgehead atoms. The Hall–Kier alpha value is -2.82. The molecule has 0 aromatic heterocycles. The molecule has 118 valence electrons. The van der Waals surface area contributed by atoms with E-state index in [1.807, 2.05) is 42.5 Å². The zero-order valence-corrected chi connectivity index (χ0v) is 12.7. The van der Waals surface area contributed by atoms with Gasteiger partial charge < -0.3 is 5.73 Å². The molecule has 5 nitrogen and oxygen atoms in total. The summed E-state index contributed by atoms with van der Waals surface area (Å²) < 4.78 is 0. The Morgan fingerprint density at radius 2 is 1.65 bits per heavy atom. The smallest absolute Gasteiger partial charge is 0.253 e. The molecule has 1 saturated carbocycles. The van der Waals surface area contributed by atoms with Crippen LogP contribution in [0, 0.1) is 5.41 Å². The van der Waals surface area contributed by atoms with E-state index in [9.17, 15) is 9.59 Å². The molecule has 1 fully saturated rings. The number of para-hydroxylation sites is 1. The van der Waals surface area contributed by atoms with Crippen LogP contribution in [0.15, 0.2) is 54.6 Å². The second-order valence-electron chi connectivity index (χ2n) is 5.85. The zero-order valence-electron chi connectivity index (χ0n) is 12.7. The highest BCUT2D eigenvalue weighted by Gasteiger charge is 2.55. The van der Waals surface area contributed by atoms with Crippen LogP contribution in [0.2, 0.25) is 0 Å². The fraction of sp³-hybridized carbons (Fsp3) is 0.222. The molecule has 2 amide bonds. The summed E-state index contributed by atoms with van der Waals surface area (Å²) in [5, 5.41) is 0. The molecule has 3 rings (SSSR count). The first-order chi connectivity index (χ1) is 11.1. The molecule has 0 spiro atoms. The second kappa shape index (κ2) is 6.12. The van der Waals surface area contributed by atoms with Crippen molar-refractivity contribution in [3.05, 3.63) is 65.7 Å². The molecule has 1 aliphatic rings. The van der Waals surface area contributed by atoms with Gasteiger partial charge in [-0.3, -0.25) is 20.4 Å². The van der Waals surface area contributed by atoms with Crippen molar-refractivity contribution in [3.63, 3.8) is 0 Å². The van der Waals surface area contributed by atoms with Gasteiger partial charge in [0.05, 0.1) is 5.69 Å². The molecule has 4 N–H and O–H groups in total. The molecule has 1 aliphatic carbocycles. The number of nitrogens with two attached hydrogens (primary N) is 1. The highest BCUT2D eigenvalue weighted by molar-refractivity contribution is 6.07. The highest BCUT2D eigenvalue weighted by Crippen LogP contribution is 2.45. The van der Waals surface area contributed by atoms with E-state index in [0.717, 1.165) is 17.7 Å². The number of hydrogen-bond donors (Lipinski definition) is 3. The summed E-state index contributed by atoms with van der Waals surface area (Å²) >= 11 is 0. The van der Waals surface area contributed by atoms with Crippen LogP contribution in [-0.2, 0) is 16.0 Å². The number of hydrazine groups is 1. The van der Waals surface area contributed by atoms with Gasteiger partial charge in [0.25, 0.3) is 5.91 Å². The first-order valence-corrected chi connectivity index (χ1v) is 7.60. The summed E-state index contributed by atoms with van der Waals surface area (Å²) in [5.41, 5.74) is 12.9. The summed E-state index contributed by atoms with van der Waals surface area (Å²) in [6, 6.07) is 17.8. The summed E-state index contributed by atoms with van der Waals surface area (Å²) in [6.45, 7) is 0. The van der Waals surface area contributed by atoms with Crippen molar-refractivity contribution in [2.45, 2.75) is 19.3 Å². The van der Waals surface area contributed by atoms with Crippen molar-refractivity contribution in [2.75, 3.05) is 5.43 Å². The molecule has 0 heterocycles. The number of carbonyl (C=O) groups excluding carboxylic acids is 2. The quantitative estimate of drug-likeness (QED) is 0.563. The number of hydrogen-bond acceptors (Lipinski definition) is 3. The van der Waals surface area contributed by atoms with Crippen molar-refractivity contribution < 1.29 is 9.59 Å². The molecule has 5 heteroatoms. The molecule has 0 unspecified atom stereocenters. The van der Waals surface area contributed by atoms with E-state index in [2.05, 4.69) is 23.0 Å². The van der Waals surface area contributed by atoms with Crippen LogP contribution in [0.5, 0.6) is 0 Å². The van der Waals surface area contributed by atoms with Crippen LogP contribution < -0.4 is 16.6 Å². The monoisotopic (exact) mass is 309 g/mol. The molecule has 0 aliphatic heterocycles. The Kier molecular flexibility index (Phi) is 4.02. The number of amides is 2. The minimum absolute atomic E-state index is 0.362. The first-order valence-electron chi connectivity index (χ1n) is 7.60. The zero-order chi connectivity index (χ0) is 16.3. The van der Waals surface area contributed by atoms with Crippen molar-refractivity contribution in [2.24, 2.45) is 11.1 Å². The summed E-state index contributed by atoms with van der Waals surface area (Å²) in [5.74, 6) is -0.922. The van der Waals surface area contributed by atoms with Gasteiger partial charge in [0.15, 0.2) is 0 Å². The van der Waals surface area contributed by atoms with Crippen molar-refractivity contribution in [1.82, 2.24) is 5.43 Å². The third kappa shape index (κ3) is 3.18. The topological polar surface area (TPSA) is 84.2 Å². The standard InChI is InChI=1S/C18H19N3O2/c19-16(22)18(10-11-18)17(23)21-20-15-9-5-4-8-14(15)12-13-6-2-1-3-7-13/h1-9,20H,10-12H2,(H2,19,22)(H,21,23). The molecule has 0 saturated heterocycles. The molecule has 2 aromatic rings. The van der Waals surface area contributed by atoms with Gasteiger partial charge in [-0.1, -0.05) is 48.5 Å². The Bertz CT molecular complexity index is 724. The fourth-order valence-electron chi connectivity index (χ4n) is 2.57. The highest BCUT2D eigenvalue weighted by atomic mass is 16.2. The van der Waals surface area contributed by atoms with Crippen LogP contribution in [0.1, 0.15) is 24.0 Å². The largest absolute Gasteiger partial charge is 0.369 e. The van der Waals surface area contributed by atoms with Crippen molar-refractivity contribution >= 4 is 17.5 Å². The average Bonchev–Trinajstić information content (AvgIpc) is 3.37. The Morgan fingerprint density at radius 3 is 2.30 bits per heavy atom. The summed E-state index contributed by atoms with van der Waals surface area (Å²) in [7, 11) is 0. The molecular formula is C18H19N3O2. The number of rotatable bonds is 6. The average molecular weight is 309 g/mol. The lowest BCUT2D eigenvalue weighted by atomic mass is 10.0. The van der Waals surface area contributed by atoms with Crippen LogP contribution in [0.25, 0.3) is 0 Å². The third-order valence-corrected chi connectivity index (χ3v) is 4.22. The molecule has 0 atom stereocenters. The number of nitrogens with one attached hydrogen (secondary N) is 2. The van der Waals surface area contributed by atoms with E-state index in [1.54, 1.807) is 0 Å². The second-order valence-corrected chi connectivity index (χ2v) is 5.85. The maximum Gasteiger partial charge on any atom is 0.253 e. The lowest BCUT2D eigenvalue weighted by Gasteiger charge is -2.16. The molecular weight excluding hydrogens is 290 g/mol. The normalized spacial score (nSPS) is 14.8. The van der Waals surface area contributed by atoms with Gasteiger partial charge >= 0.3 is 0 Å². The predicted molar refractivity (Wildman–Crippen MR) is 88.3 cm³/mol. The number of anilines is 1. The van der Waals surface area contributed by atoms with Gasteiger partial charge in [-0.2, -0.15) is 0 Å². The third-order valence-electron chi connectivity index (χ3n) is 4.22. The fourth-order valence-corrected chi connectivity index (χ4v) is 2.57. The Labute approximate surface area is 134 Å². The summed E-state index contributed by atoms with van der Waals surface area (Å²) in [4.78, 5) is 23.5. The van der Waals surface area contributed by atoms with Crippen LogP contribution in [-0.4, -0.2) is 11.8 Å². The number of carbonyl (C=O) groups is 2. The van der Waals surface area contributed by atoms with E-state index >= 15 is 0 Å². The lowest BCUT2D eigenvalue weighted by Crippen LogP contribution is -2.43.